The van der Waals surface area contributed by atoms with E-state index in [1.807, 2.05) is 57.2 Å². The molecule has 0 N–H and O–H groups in total. The fourth-order valence-corrected chi connectivity index (χ4v) is 2.16. The highest BCUT2D eigenvalue weighted by molar-refractivity contribution is 5.90. The summed E-state index contributed by atoms with van der Waals surface area (Å²) in [5, 5.41) is 0. The Morgan fingerprint density at radius 3 is 2.17 bits per heavy atom. The van der Waals surface area contributed by atoms with Crippen LogP contribution in [0.4, 0.5) is 0 Å². The van der Waals surface area contributed by atoms with Crippen molar-refractivity contribution in [2.45, 2.75) is 26.9 Å². The fourth-order valence-electron chi connectivity index (χ4n) is 2.16. The molecule has 124 valence electrons. The lowest BCUT2D eigenvalue weighted by Crippen LogP contribution is -2.06. The van der Waals surface area contributed by atoms with E-state index in [0.29, 0.717) is 11.3 Å². The smallest absolute Gasteiger partial charge is 0.343 e. The Hall–Kier alpha value is -2.81. The van der Waals surface area contributed by atoms with Gasteiger partial charge >= 0.3 is 5.97 Å². The van der Waals surface area contributed by atoms with Crippen molar-refractivity contribution < 1.29 is 14.3 Å². The zero-order valence-corrected chi connectivity index (χ0v) is 14.2. The van der Waals surface area contributed by atoms with Crippen LogP contribution in [0.2, 0.25) is 0 Å². The molecule has 2 aromatic rings. The zero-order chi connectivity index (χ0) is 17.4. The van der Waals surface area contributed by atoms with Gasteiger partial charge in [0, 0.05) is 5.57 Å². The Bertz CT molecular complexity index is 715. The van der Waals surface area contributed by atoms with Crippen LogP contribution < -0.4 is 0 Å². The molecule has 24 heavy (non-hydrogen) atoms. The van der Waals surface area contributed by atoms with E-state index in [1.54, 1.807) is 36.6 Å². The van der Waals surface area contributed by atoms with Gasteiger partial charge in [-0.2, -0.15) is 0 Å². The van der Waals surface area contributed by atoms with Crippen LogP contribution in [-0.2, 0) is 9.47 Å². The van der Waals surface area contributed by atoms with Gasteiger partial charge in [-0.25, -0.2) is 4.79 Å². The van der Waals surface area contributed by atoms with Crippen molar-refractivity contribution in [3.05, 3.63) is 95.5 Å². The summed E-state index contributed by atoms with van der Waals surface area (Å²) >= 11 is 0. The lowest BCUT2D eigenvalue weighted by Gasteiger charge is -2.14. The van der Waals surface area contributed by atoms with Crippen molar-refractivity contribution in [2.75, 3.05) is 0 Å². The number of esters is 1. The quantitative estimate of drug-likeness (QED) is 0.404. The first-order chi connectivity index (χ1) is 11.6. The summed E-state index contributed by atoms with van der Waals surface area (Å²) < 4.78 is 11.2. The molecule has 0 bridgehead atoms. The number of hydrogen-bond donors (Lipinski definition) is 0. The number of carbonyl (C=O) groups is 1. The van der Waals surface area contributed by atoms with E-state index in [-0.39, 0.29) is 12.1 Å². The molecular formula is C21H22O3. The van der Waals surface area contributed by atoms with Crippen LogP contribution in [0.15, 0.2) is 84.3 Å². The largest absolute Gasteiger partial charge is 0.493 e. The number of ether oxygens (including phenoxy) is 2. The van der Waals surface area contributed by atoms with Crippen LogP contribution >= 0.6 is 0 Å². The van der Waals surface area contributed by atoms with Crippen molar-refractivity contribution in [1.29, 1.82) is 0 Å². The monoisotopic (exact) mass is 322 g/mol. The van der Waals surface area contributed by atoms with E-state index in [4.69, 9.17) is 9.47 Å². The van der Waals surface area contributed by atoms with Crippen LogP contribution in [0.3, 0.4) is 0 Å². The van der Waals surface area contributed by atoms with Crippen LogP contribution in [0.25, 0.3) is 0 Å². The maximum absolute atomic E-state index is 12.1. The first-order valence-corrected chi connectivity index (χ1v) is 7.93. The Morgan fingerprint density at radius 2 is 1.58 bits per heavy atom. The second-order valence-corrected chi connectivity index (χ2v) is 5.40. The van der Waals surface area contributed by atoms with E-state index >= 15 is 0 Å². The minimum Gasteiger partial charge on any atom is -0.493 e. The van der Waals surface area contributed by atoms with Crippen molar-refractivity contribution in [3.8, 4) is 0 Å². The van der Waals surface area contributed by atoms with Gasteiger partial charge < -0.3 is 9.47 Å². The third-order valence-corrected chi connectivity index (χ3v) is 3.58. The second kappa shape index (κ2) is 8.73. The summed E-state index contributed by atoms with van der Waals surface area (Å²) in [6.45, 7) is 5.65. The van der Waals surface area contributed by atoms with E-state index in [9.17, 15) is 4.79 Å². The molecule has 0 radical (unpaired) electrons. The van der Waals surface area contributed by atoms with Gasteiger partial charge in [0.2, 0.25) is 0 Å². The number of carbonyl (C=O) groups excluding carboxylic acids is 1. The SMILES string of the molecule is C/C=C(OC(=O)c1ccccc1)/C(C)=C\O[C@@H](C)c1ccccc1. The van der Waals surface area contributed by atoms with E-state index in [2.05, 4.69) is 0 Å². The molecular weight excluding hydrogens is 300 g/mol. The van der Waals surface area contributed by atoms with Gasteiger partial charge in [-0.05, 0) is 44.5 Å². The minimum atomic E-state index is -0.382. The van der Waals surface area contributed by atoms with E-state index < -0.39 is 0 Å². The molecule has 0 saturated carbocycles. The third-order valence-electron chi connectivity index (χ3n) is 3.58. The molecule has 3 heteroatoms. The normalized spacial score (nSPS) is 13.3. The number of rotatable bonds is 6. The Balaban J connectivity index is 2.01. The fraction of sp³-hybridized carbons (Fsp3) is 0.190. The topological polar surface area (TPSA) is 35.5 Å². The van der Waals surface area contributed by atoms with Crippen molar-refractivity contribution >= 4 is 5.97 Å². The predicted octanol–water partition coefficient (Wildman–Crippen LogP) is 5.43. The average molecular weight is 322 g/mol. The first-order valence-electron chi connectivity index (χ1n) is 7.93. The molecule has 0 aliphatic heterocycles. The summed E-state index contributed by atoms with van der Waals surface area (Å²) in [7, 11) is 0. The molecule has 0 fully saturated rings. The van der Waals surface area contributed by atoms with E-state index in [1.165, 1.54) is 0 Å². The van der Waals surface area contributed by atoms with Crippen LogP contribution in [0, 0.1) is 0 Å². The van der Waals surface area contributed by atoms with Crippen LogP contribution in [0.5, 0.6) is 0 Å². The van der Waals surface area contributed by atoms with Gasteiger partial charge in [-0.15, -0.1) is 0 Å². The standard InChI is InChI=1S/C21H22O3/c1-4-20(24-21(22)19-13-9-6-10-14-19)16(2)15-23-17(3)18-11-7-5-8-12-18/h4-15,17H,1-3H3/b16-15-,20-4-/t17-/m0/s1. The zero-order valence-electron chi connectivity index (χ0n) is 14.2. The summed E-state index contributed by atoms with van der Waals surface area (Å²) in [6, 6.07) is 18.9. The van der Waals surface area contributed by atoms with E-state index in [0.717, 1.165) is 11.1 Å². The maximum Gasteiger partial charge on any atom is 0.343 e. The lowest BCUT2D eigenvalue weighted by molar-refractivity contribution is 0.0629. The average Bonchev–Trinajstić information content (AvgIpc) is 2.65. The molecule has 0 aromatic heterocycles. The number of benzene rings is 2. The second-order valence-electron chi connectivity index (χ2n) is 5.40. The van der Waals surface area contributed by atoms with Crippen molar-refractivity contribution in [1.82, 2.24) is 0 Å². The molecule has 0 aliphatic rings. The maximum atomic E-state index is 12.1. The number of allylic oxidation sites excluding steroid dienone is 2. The van der Waals surface area contributed by atoms with Gasteiger partial charge in [-0.1, -0.05) is 48.5 Å². The molecule has 0 aliphatic carbocycles. The molecule has 2 aromatic carbocycles. The molecule has 0 spiro atoms. The molecule has 0 heterocycles. The first kappa shape index (κ1) is 17.5. The van der Waals surface area contributed by atoms with Gasteiger partial charge in [0.25, 0.3) is 0 Å². The predicted molar refractivity (Wildman–Crippen MR) is 95.3 cm³/mol. The molecule has 0 saturated heterocycles. The Morgan fingerprint density at radius 1 is 1.00 bits per heavy atom. The summed E-state index contributed by atoms with van der Waals surface area (Å²) in [4.78, 5) is 12.1. The van der Waals surface area contributed by atoms with Gasteiger partial charge in [0.15, 0.2) is 0 Å². The van der Waals surface area contributed by atoms with Gasteiger partial charge in [0.1, 0.15) is 11.9 Å². The molecule has 0 unspecified atom stereocenters. The Kier molecular flexibility index (Phi) is 6.38. The minimum absolute atomic E-state index is 0.0796. The molecule has 0 amide bonds. The third kappa shape index (κ3) is 4.85. The summed E-state index contributed by atoms with van der Waals surface area (Å²) in [5.41, 5.74) is 2.36. The Labute approximate surface area is 143 Å². The van der Waals surface area contributed by atoms with Crippen LogP contribution in [0.1, 0.15) is 42.8 Å². The van der Waals surface area contributed by atoms with Gasteiger partial charge in [-0.3, -0.25) is 0 Å². The number of hydrogen-bond acceptors (Lipinski definition) is 3. The molecule has 1 atom stereocenters. The highest BCUT2D eigenvalue weighted by atomic mass is 16.5. The van der Waals surface area contributed by atoms with Crippen LogP contribution in [-0.4, -0.2) is 5.97 Å². The van der Waals surface area contributed by atoms with Crippen molar-refractivity contribution in [2.24, 2.45) is 0 Å². The molecule has 3 nitrogen and oxygen atoms in total. The lowest BCUT2D eigenvalue weighted by atomic mass is 10.1. The highest BCUT2D eigenvalue weighted by Gasteiger charge is 2.11. The summed E-state index contributed by atoms with van der Waals surface area (Å²) in [5.74, 6) is 0.108. The molecule has 2 rings (SSSR count). The summed E-state index contributed by atoms with van der Waals surface area (Å²) in [6.07, 6.45) is 3.30. The van der Waals surface area contributed by atoms with Gasteiger partial charge in [0.05, 0.1) is 11.8 Å². The van der Waals surface area contributed by atoms with Crippen molar-refractivity contribution in [3.63, 3.8) is 0 Å². The highest BCUT2D eigenvalue weighted by Crippen LogP contribution is 2.20.